The lowest BCUT2D eigenvalue weighted by molar-refractivity contribution is -0.133. The summed E-state index contributed by atoms with van der Waals surface area (Å²) in [5, 5.41) is 0. The molecule has 3 heterocycles. The van der Waals surface area contributed by atoms with Gasteiger partial charge >= 0.3 is 0 Å². The summed E-state index contributed by atoms with van der Waals surface area (Å²) in [4.78, 5) is 38.4. The second-order valence-corrected chi connectivity index (χ2v) is 7.60. The predicted molar refractivity (Wildman–Crippen MR) is 110 cm³/mol. The van der Waals surface area contributed by atoms with Crippen LogP contribution in [0.15, 0.2) is 29.1 Å². The molecule has 1 amide bonds. The smallest absolute Gasteiger partial charge is 0.255 e. The first-order valence-corrected chi connectivity index (χ1v) is 10.0. The summed E-state index contributed by atoms with van der Waals surface area (Å²) < 4.78 is 5.21. The number of carbonyl (C=O) groups is 1. The van der Waals surface area contributed by atoms with Gasteiger partial charge in [0.15, 0.2) is 0 Å². The standard InChI is InChI=1S/C21H27N5O3/c1-15-22-19-7-8-24(13-18(19)21(28)23-15)14-20(27)26-11-9-25(10-12-26)16-3-5-17(29-2)6-4-16/h3-6H,7-14H2,1-2H3,(H,22,23,28). The Morgan fingerprint density at radius 1 is 1.14 bits per heavy atom. The van der Waals surface area contributed by atoms with E-state index in [0.29, 0.717) is 44.0 Å². The molecule has 1 fully saturated rings. The largest absolute Gasteiger partial charge is 0.497 e. The number of anilines is 1. The SMILES string of the molecule is COc1ccc(N2CCN(C(=O)CN3CCc4nc(C)[nH]c(=O)c4C3)CC2)cc1. The first-order valence-electron chi connectivity index (χ1n) is 10.0. The van der Waals surface area contributed by atoms with Gasteiger partial charge in [0, 0.05) is 51.4 Å². The summed E-state index contributed by atoms with van der Waals surface area (Å²) in [6.45, 7) is 6.40. The van der Waals surface area contributed by atoms with Crippen LogP contribution in [0.3, 0.4) is 0 Å². The van der Waals surface area contributed by atoms with Crippen LogP contribution in [0.5, 0.6) is 5.75 Å². The molecule has 0 aliphatic carbocycles. The Morgan fingerprint density at radius 3 is 2.55 bits per heavy atom. The van der Waals surface area contributed by atoms with E-state index in [9.17, 15) is 9.59 Å². The van der Waals surface area contributed by atoms with E-state index in [1.807, 2.05) is 21.9 Å². The van der Waals surface area contributed by atoms with E-state index in [1.54, 1.807) is 14.0 Å². The lowest BCUT2D eigenvalue weighted by atomic mass is 10.1. The van der Waals surface area contributed by atoms with Gasteiger partial charge in [0.25, 0.3) is 5.56 Å². The van der Waals surface area contributed by atoms with Crippen LogP contribution in [-0.2, 0) is 17.8 Å². The van der Waals surface area contributed by atoms with Gasteiger partial charge in [-0.25, -0.2) is 4.98 Å². The second-order valence-electron chi connectivity index (χ2n) is 7.60. The van der Waals surface area contributed by atoms with Crippen LogP contribution in [0.1, 0.15) is 17.1 Å². The highest BCUT2D eigenvalue weighted by Gasteiger charge is 2.26. The van der Waals surface area contributed by atoms with Crippen LogP contribution in [0, 0.1) is 6.92 Å². The summed E-state index contributed by atoms with van der Waals surface area (Å²) in [6, 6.07) is 8.02. The van der Waals surface area contributed by atoms with Crippen molar-refractivity contribution in [1.29, 1.82) is 0 Å². The van der Waals surface area contributed by atoms with Crippen molar-refractivity contribution < 1.29 is 9.53 Å². The van der Waals surface area contributed by atoms with E-state index < -0.39 is 0 Å². The number of piperazine rings is 1. The number of methoxy groups -OCH3 is 1. The van der Waals surface area contributed by atoms with Crippen LogP contribution in [0.25, 0.3) is 0 Å². The molecule has 0 unspecified atom stereocenters. The number of benzene rings is 1. The maximum Gasteiger partial charge on any atom is 0.255 e. The van der Waals surface area contributed by atoms with Crippen LogP contribution in [-0.4, -0.2) is 72.1 Å². The van der Waals surface area contributed by atoms with Crippen molar-refractivity contribution in [1.82, 2.24) is 19.8 Å². The zero-order valence-corrected chi connectivity index (χ0v) is 17.0. The van der Waals surface area contributed by atoms with Crippen molar-refractivity contribution in [2.75, 3.05) is 51.3 Å². The molecule has 1 N–H and O–H groups in total. The number of hydrogen-bond donors (Lipinski definition) is 1. The molecule has 4 rings (SSSR count). The zero-order valence-electron chi connectivity index (χ0n) is 17.0. The van der Waals surface area contributed by atoms with Gasteiger partial charge in [-0.2, -0.15) is 0 Å². The Labute approximate surface area is 170 Å². The van der Waals surface area contributed by atoms with Gasteiger partial charge in [-0.3, -0.25) is 14.5 Å². The maximum absolute atomic E-state index is 12.8. The third-order valence-corrected chi connectivity index (χ3v) is 5.69. The molecule has 0 bridgehead atoms. The quantitative estimate of drug-likeness (QED) is 0.822. The van der Waals surface area contributed by atoms with E-state index in [-0.39, 0.29) is 11.5 Å². The molecule has 1 aromatic carbocycles. The number of ether oxygens (including phenoxy) is 1. The van der Waals surface area contributed by atoms with Gasteiger partial charge in [-0.15, -0.1) is 0 Å². The van der Waals surface area contributed by atoms with Gasteiger partial charge in [-0.05, 0) is 31.2 Å². The molecule has 0 saturated carbocycles. The van der Waals surface area contributed by atoms with Crippen molar-refractivity contribution >= 4 is 11.6 Å². The summed E-state index contributed by atoms with van der Waals surface area (Å²) in [7, 11) is 1.66. The molecule has 1 saturated heterocycles. The Kier molecular flexibility index (Phi) is 5.53. The number of nitrogens with one attached hydrogen (secondary N) is 1. The number of nitrogens with zero attached hydrogens (tertiary/aromatic N) is 4. The second kappa shape index (κ2) is 8.24. The maximum atomic E-state index is 12.8. The van der Waals surface area contributed by atoms with Crippen LogP contribution >= 0.6 is 0 Å². The Bertz CT molecular complexity index is 932. The average Bonchev–Trinajstić information content (AvgIpc) is 2.74. The predicted octanol–water partition coefficient (Wildman–Crippen LogP) is 0.794. The van der Waals surface area contributed by atoms with Crippen molar-refractivity contribution in [3.05, 3.63) is 51.7 Å². The fraction of sp³-hybridized carbons (Fsp3) is 0.476. The molecular weight excluding hydrogens is 370 g/mol. The van der Waals surface area contributed by atoms with Crippen LogP contribution in [0.4, 0.5) is 5.69 Å². The van der Waals surface area contributed by atoms with Crippen LogP contribution in [0.2, 0.25) is 0 Å². The number of aryl methyl sites for hydroxylation is 1. The third kappa shape index (κ3) is 4.27. The molecule has 2 aliphatic heterocycles. The van der Waals surface area contributed by atoms with Crippen molar-refractivity contribution in [3.8, 4) is 5.75 Å². The minimum absolute atomic E-state index is 0.0854. The lowest BCUT2D eigenvalue weighted by Gasteiger charge is -2.37. The fourth-order valence-corrected chi connectivity index (χ4v) is 4.04. The molecule has 0 atom stereocenters. The molecular formula is C21H27N5O3. The zero-order chi connectivity index (χ0) is 20.4. The highest BCUT2D eigenvalue weighted by molar-refractivity contribution is 5.78. The topological polar surface area (TPSA) is 81.8 Å². The van der Waals surface area contributed by atoms with Gasteiger partial charge < -0.3 is 19.5 Å². The number of amides is 1. The molecule has 29 heavy (non-hydrogen) atoms. The van der Waals surface area contributed by atoms with Gasteiger partial charge in [0.2, 0.25) is 5.91 Å². The summed E-state index contributed by atoms with van der Waals surface area (Å²) in [5.74, 6) is 1.61. The van der Waals surface area contributed by atoms with Crippen molar-refractivity contribution in [2.45, 2.75) is 19.9 Å². The van der Waals surface area contributed by atoms with Crippen molar-refractivity contribution in [3.63, 3.8) is 0 Å². The minimum Gasteiger partial charge on any atom is -0.497 e. The van der Waals surface area contributed by atoms with Crippen molar-refractivity contribution in [2.24, 2.45) is 0 Å². The number of H-pyrrole nitrogens is 1. The monoisotopic (exact) mass is 397 g/mol. The molecule has 8 nitrogen and oxygen atoms in total. The Hall–Kier alpha value is -2.87. The molecule has 1 aromatic heterocycles. The first kappa shape index (κ1) is 19.4. The molecule has 0 spiro atoms. The number of carbonyl (C=O) groups excluding carboxylic acids is 1. The van der Waals surface area contributed by atoms with Gasteiger partial charge in [-0.1, -0.05) is 0 Å². The number of hydrogen-bond acceptors (Lipinski definition) is 6. The van der Waals surface area contributed by atoms with Gasteiger partial charge in [0.1, 0.15) is 11.6 Å². The molecule has 2 aliphatic rings. The van der Waals surface area contributed by atoms with E-state index in [2.05, 4.69) is 27.0 Å². The Morgan fingerprint density at radius 2 is 1.86 bits per heavy atom. The first-order chi connectivity index (χ1) is 14.0. The van der Waals surface area contributed by atoms with E-state index in [0.717, 1.165) is 36.8 Å². The third-order valence-electron chi connectivity index (χ3n) is 5.69. The Balaban J connectivity index is 1.31. The van der Waals surface area contributed by atoms with E-state index >= 15 is 0 Å². The molecule has 0 radical (unpaired) electrons. The van der Waals surface area contributed by atoms with E-state index in [1.165, 1.54) is 0 Å². The van der Waals surface area contributed by atoms with E-state index in [4.69, 9.17) is 4.74 Å². The fourth-order valence-electron chi connectivity index (χ4n) is 4.04. The summed E-state index contributed by atoms with van der Waals surface area (Å²) >= 11 is 0. The highest BCUT2D eigenvalue weighted by atomic mass is 16.5. The molecule has 2 aromatic rings. The number of aromatic nitrogens is 2. The molecule has 8 heteroatoms. The number of rotatable bonds is 4. The lowest BCUT2D eigenvalue weighted by Crippen LogP contribution is -2.52. The summed E-state index contributed by atoms with van der Waals surface area (Å²) in [5.41, 5.74) is 2.62. The van der Waals surface area contributed by atoms with Gasteiger partial charge in [0.05, 0.1) is 24.9 Å². The van der Waals surface area contributed by atoms with Crippen LogP contribution < -0.4 is 15.2 Å². The number of aromatic amines is 1. The normalized spacial score (nSPS) is 17.2. The average molecular weight is 397 g/mol. The summed E-state index contributed by atoms with van der Waals surface area (Å²) in [6.07, 6.45) is 0.707. The molecule has 154 valence electrons. The number of fused-ring (bicyclic) bond motifs is 1. The minimum atomic E-state index is -0.0854. The highest BCUT2D eigenvalue weighted by Crippen LogP contribution is 2.21.